The molecule has 0 aliphatic carbocycles. The summed E-state index contributed by atoms with van der Waals surface area (Å²) in [6.45, 7) is 1.72. The Hall–Kier alpha value is -2.05. The average molecular weight is 253 g/mol. The van der Waals surface area contributed by atoms with Crippen molar-refractivity contribution in [1.82, 2.24) is 9.88 Å². The number of carboxylic acids is 1. The molecule has 0 atom stereocenters. The summed E-state index contributed by atoms with van der Waals surface area (Å²) in [5.41, 5.74) is -0.162. The first-order valence-corrected chi connectivity index (χ1v) is 5.75. The average Bonchev–Trinajstić information content (AvgIpc) is 3.00. The molecule has 7 heteroatoms. The molecular weight excluding hydrogens is 238 g/mol. The highest BCUT2D eigenvalue weighted by Crippen LogP contribution is 2.13. The zero-order valence-electron chi connectivity index (χ0n) is 10.1. The van der Waals surface area contributed by atoms with Gasteiger partial charge in [-0.3, -0.25) is 4.79 Å². The number of anilines is 1. The second-order valence-corrected chi connectivity index (χ2v) is 4.26. The molecule has 98 valence electrons. The van der Waals surface area contributed by atoms with Gasteiger partial charge >= 0.3 is 5.97 Å². The van der Waals surface area contributed by atoms with Crippen LogP contribution >= 0.6 is 0 Å². The van der Waals surface area contributed by atoms with Crippen molar-refractivity contribution >= 4 is 17.9 Å². The van der Waals surface area contributed by atoms with Gasteiger partial charge in [-0.1, -0.05) is 0 Å². The number of amides is 1. The Bertz CT molecular complexity index is 451. The summed E-state index contributed by atoms with van der Waals surface area (Å²) >= 11 is 0. The summed E-state index contributed by atoms with van der Waals surface area (Å²) in [7, 11) is 1.64. The minimum atomic E-state index is -1.15. The van der Waals surface area contributed by atoms with E-state index in [1.54, 1.807) is 11.9 Å². The Morgan fingerprint density at radius 3 is 2.72 bits per heavy atom. The minimum Gasteiger partial charge on any atom is -0.476 e. The van der Waals surface area contributed by atoms with Crippen molar-refractivity contribution in [3.63, 3.8) is 0 Å². The maximum atomic E-state index is 11.9. The molecule has 0 unspecified atom stereocenters. The third-order valence-electron chi connectivity index (χ3n) is 2.87. The third kappa shape index (κ3) is 2.61. The lowest BCUT2D eigenvalue weighted by atomic mass is 10.4. The quantitative estimate of drug-likeness (QED) is 0.837. The SMILES string of the molecule is CN(CC(=O)N1CCCC1)c1nc(C(=O)O)co1. The van der Waals surface area contributed by atoms with Crippen LogP contribution in [0.2, 0.25) is 0 Å². The molecule has 1 aliphatic heterocycles. The molecular formula is C11H15N3O4. The molecule has 0 radical (unpaired) electrons. The number of aromatic carboxylic acids is 1. The Labute approximate surface area is 104 Å². The fourth-order valence-electron chi connectivity index (χ4n) is 1.87. The van der Waals surface area contributed by atoms with E-state index in [1.165, 1.54) is 4.90 Å². The molecule has 1 amide bonds. The highest BCUT2D eigenvalue weighted by molar-refractivity contribution is 5.85. The summed E-state index contributed by atoms with van der Waals surface area (Å²) < 4.78 is 5.01. The van der Waals surface area contributed by atoms with Crippen LogP contribution in [-0.4, -0.2) is 53.5 Å². The van der Waals surface area contributed by atoms with E-state index >= 15 is 0 Å². The van der Waals surface area contributed by atoms with Crippen LogP contribution in [0.4, 0.5) is 6.01 Å². The van der Waals surface area contributed by atoms with Crippen LogP contribution in [0.3, 0.4) is 0 Å². The highest BCUT2D eigenvalue weighted by Gasteiger charge is 2.21. The molecule has 1 fully saturated rings. The van der Waals surface area contributed by atoms with E-state index in [2.05, 4.69) is 4.98 Å². The van der Waals surface area contributed by atoms with Gasteiger partial charge in [-0.05, 0) is 12.8 Å². The summed E-state index contributed by atoms with van der Waals surface area (Å²) in [5, 5.41) is 8.72. The van der Waals surface area contributed by atoms with Gasteiger partial charge in [0.25, 0.3) is 6.01 Å². The topological polar surface area (TPSA) is 86.9 Å². The summed E-state index contributed by atoms with van der Waals surface area (Å²) in [5.74, 6) is -1.14. The van der Waals surface area contributed by atoms with Gasteiger partial charge in [-0.25, -0.2) is 4.79 Å². The zero-order valence-corrected chi connectivity index (χ0v) is 10.1. The van der Waals surface area contributed by atoms with Crippen molar-refractivity contribution in [2.24, 2.45) is 0 Å². The predicted octanol–water partition coefficient (Wildman–Crippen LogP) is 0.431. The Kier molecular flexibility index (Phi) is 3.50. The van der Waals surface area contributed by atoms with Crippen LogP contribution in [-0.2, 0) is 4.79 Å². The van der Waals surface area contributed by atoms with Crippen LogP contribution < -0.4 is 4.90 Å². The van der Waals surface area contributed by atoms with Crippen molar-refractivity contribution in [2.75, 3.05) is 31.6 Å². The molecule has 1 aromatic heterocycles. The number of nitrogens with zero attached hydrogens (tertiary/aromatic N) is 3. The molecule has 18 heavy (non-hydrogen) atoms. The number of aromatic nitrogens is 1. The molecule has 1 aliphatic rings. The molecule has 2 heterocycles. The van der Waals surface area contributed by atoms with Gasteiger partial charge in [0, 0.05) is 20.1 Å². The second kappa shape index (κ2) is 5.07. The van der Waals surface area contributed by atoms with Gasteiger partial charge in [-0.2, -0.15) is 4.98 Å². The van der Waals surface area contributed by atoms with Gasteiger partial charge in [0.1, 0.15) is 12.8 Å². The standard InChI is InChI=1S/C11H15N3O4/c1-13(6-9(15)14-4-2-3-5-14)11-12-8(7-18-11)10(16)17/h7H,2-6H2,1H3,(H,16,17). The van der Waals surface area contributed by atoms with Gasteiger partial charge in [-0.15, -0.1) is 0 Å². The van der Waals surface area contributed by atoms with Crippen molar-refractivity contribution in [2.45, 2.75) is 12.8 Å². The van der Waals surface area contributed by atoms with Gasteiger partial charge in [0.05, 0.1) is 0 Å². The van der Waals surface area contributed by atoms with E-state index in [9.17, 15) is 9.59 Å². The lowest BCUT2D eigenvalue weighted by Crippen LogP contribution is -2.37. The van der Waals surface area contributed by atoms with Gasteiger partial charge in [0.15, 0.2) is 5.69 Å². The zero-order chi connectivity index (χ0) is 13.1. The molecule has 0 bridgehead atoms. The van der Waals surface area contributed by atoms with Crippen LogP contribution in [0.15, 0.2) is 10.7 Å². The van der Waals surface area contributed by atoms with Crippen LogP contribution in [0.25, 0.3) is 0 Å². The molecule has 7 nitrogen and oxygen atoms in total. The normalized spacial score (nSPS) is 14.8. The molecule has 0 spiro atoms. The number of carboxylic acid groups (broad SMARTS) is 1. The van der Waals surface area contributed by atoms with Crippen molar-refractivity contribution in [3.05, 3.63) is 12.0 Å². The summed E-state index contributed by atoms with van der Waals surface area (Å²) in [6.07, 6.45) is 3.14. The summed E-state index contributed by atoms with van der Waals surface area (Å²) in [4.78, 5) is 29.6. The van der Waals surface area contributed by atoms with E-state index in [-0.39, 0.29) is 24.2 Å². The minimum absolute atomic E-state index is 0.00470. The van der Waals surface area contributed by atoms with Gasteiger partial charge in [0.2, 0.25) is 5.91 Å². The van der Waals surface area contributed by atoms with E-state index in [0.717, 1.165) is 32.2 Å². The van der Waals surface area contributed by atoms with Crippen LogP contribution in [0.1, 0.15) is 23.3 Å². The van der Waals surface area contributed by atoms with Crippen LogP contribution in [0, 0.1) is 0 Å². The molecule has 2 rings (SSSR count). The third-order valence-corrected chi connectivity index (χ3v) is 2.87. The predicted molar refractivity (Wildman–Crippen MR) is 62.5 cm³/mol. The number of hydrogen-bond acceptors (Lipinski definition) is 5. The Morgan fingerprint density at radius 2 is 2.17 bits per heavy atom. The number of oxazole rings is 1. The largest absolute Gasteiger partial charge is 0.476 e. The number of likely N-dealkylation sites (N-methyl/N-ethyl adjacent to an activating group) is 1. The summed E-state index contributed by atoms with van der Waals surface area (Å²) in [6, 6.07) is 0.139. The first-order valence-electron chi connectivity index (χ1n) is 5.75. The maximum absolute atomic E-state index is 11.9. The lowest BCUT2D eigenvalue weighted by Gasteiger charge is -2.19. The lowest BCUT2D eigenvalue weighted by molar-refractivity contribution is -0.128. The first-order chi connectivity index (χ1) is 8.58. The highest BCUT2D eigenvalue weighted by atomic mass is 16.4. The fraction of sp³-hybridized carbons (Fsp3) is 0.545. The van der Waals surface area contributed by atoms with Crippen LogP contribution in [0.5, 0.6) is 0 Å². The van der Waals surface area contributed by atoms with Crippen molar-refractivity contribution in [1.29, 1.82) is 0 Å². The molecule has 0 aromatic carbocycles. The van der Waals surface area contributed by atoms with E-state index < -0.39 is 5.97 Å². The molecule has 1 N–H and O–H groups in total. The van der Waals surface area contributed by atoms with Crippen molar-refractivity contribution in [3.8, 4) is 0 Å². The maximum Gasteiger partial charge on any atom is 0.357 e. The fourth-order valence-corrected chi connectivity index (χ4v) is 1.87. The van der Waals surface area contributed by atoms with Crippen molar-refractivity contribution < 1.29 is 19.1 Å². The van der Waals surface area contributed by atoms with E-state index in [1.807, 2.05) is 0 Å². The van der Waals surface area contributed by atoms with E-state index in [4.69, 9.17) is 9.52 Å². The Balaban J connectivity index is 1.95. The first kappa shape index (κ1) is 12.4. The molecule has 1 aromatic rings. The smallest absolute Gasteiger partial charge is 0.357 e. The number of carbonyl (C=O) groups is 2. The molecule has 1 saturated heterocycles. The van der Waals surface area contributed by atoms with E-state index in [0.29, 0.717) is 0 Å². The molecule has 0 saturated carbocycles. The number of hydrogen-bond donors (Lipinski definition) is 1. The van der Waals surface area contributed by atoms with Gasteiger partial charge < -0.3 is 19.3 Å². The second-order valence-electron chi connectivity index (χ2n) is 4.26. The number of carbonyl (C=O) groups excluding carboxylic acids is 1. The Morgan fingerprint density at radius 1 is 1.50 bits per heavy atom. The number of likely N-dealkylation sites (tertiary alicyclic amines) is 1. The monoisotopic (exact) mass is 253 g/mol. The number of rotatable bonds is 4.